The van der Waals surface area contributed by atoms with E-state index in [0.717, 1.165) is 0 Å². The van der Waals surface area contributed by atoms with E-state index in [1.807, 2.05) is 0 Å². The topological polar surface area (TPSA) is 80.4 Å². The highest BCUT2D eigenvalue weighted by molar-refractivity contribution is 5.81. The van der Waals surface area contributed by atoms with Gasteiger partial charge in [0, 0.05) is 6.07 Å². The van der Waals surface area contributed by atoms with Crippen LogP contribution in [0.3, 0.4) is 0 Å². The normalized spacial score (nSPS) is 9.79. The number of carbonyl (C=O) groups excluding carboxylic acids is 1. The van der Waals surface area contributed by atoms with E-state index < -0.39 is 4.92 Å². The zero-order valence-corrected chi connectivity index (χ0v) is 7.56. The number of benzene rings is 1. The van der Waals surface area contributed by atoms with Crippen molar-refractivity contribution in [1.29, 1.82) is 0 Å². The van der Waals surface area contributed by atoms with Crippen LogP contribution in [0.4, 0.5) is 5.69 Å². The summed E-state index contributed by atoms with van der Waals surface area (Å²) in [5.74, 6) is -0.295. The Bertz CT molecular complexity index is 387. The monoisotopic (exact) mass is 195 g/mol. The van der Waals surface area contributed by atoms with Gasteiger partial charge in [-0.25, -0.2) is 0 Å². The number of nitro benzene ring substituents is 1. The van der Waals surface area contributed by atoms with Crippen LogP contribution in [0.1, 0.15) is 22.8 Å². The van der Waals surface area contributed by atoms with Crippen LogP contribution in [0.15, 0.2) is 12.1 Å². The lowest BCUT2D eigenvalue weighted by atomic mass is 10.1. The number of rotatable bonds is 3. The maximum Gasteiger partial charge on any atom is 0.276 e. The third-order valence-corrected chi connectivity index (χ3v) is 1.97. The average Bonchev–Trinajstić information content (AvgIpc) is 2.17. The summed E-state index contributed by atoms with van der Waals surface area (Å²) in [5, 5.41) is 20.0. The molecular formula is C9H9NO4. The first-order valence-electron chi connectivity index (χ1n) is 4.06. The fourth-order valence-electron chi connectivity index (χ4n) is 1.26. The lowest BCUT2D eigenvalue weighted by molar-refractivity contribution is -0.385. The highest BCUT2D eigenvalue weighted by Gasteiger charge is 2.18. The molecule has 0 aliphatic carbocycles. The molecule has 1 aromatic carbocycles. The van der Waals surface area contributed by atoms with Gasteiger partial charge in [-0.2, -0.15) is 0 Å². The Morgan fingerprint density at radius 1 is 1.57 bits per heavy atom. The number of aldehydes is 1. The highest BCUT2D eigenvalue weighted by atomic mass is 16.6. The fraction of sp³-hybridized carbons (Fsp3) is 0.222. The van der Waals surface area contributed by atoms with Crippen LogP contribution >= 0.6 is 0 Å². The third kappa shape index (κ3) is 1.56. The average molecular weight is 195 g/mol. The molecular weight excluding hydrogens is 186 g/mol. The summed E-state index contributed by atoms with van der Waals surface area (Å²) in [5.41, 5.74) is 0.114. The number of hydrogen-bond acceptors (Lipinski definition) is 4. The minimum Gasteiger partial charge on any atom is -0.507 e. The predicted molar refractivity (Wildman–Crippen MR) is 49.5 cm³/mol. The van der Waals surface area contributed by atoms with Gasteiger partial charge in [-0.05, 0) is 12.5 Å². The summed E-state index contributed by atoms with van der Waals surface area (Å²) in [6, 6.07) is 2.46. The minimum atomic E-state index is -0.576. The molecule has 0 aliphatic heterocycles. The summed E-state index contributed by atoms with van der Waals surface area (Å²) >= 11 is 0. The molecule has 0 atom stereocenters. The molecule has 0 radical (unpaired) electrons. The molecule has 5 nitrogen and oxygen atoms in total. The molecule has 1 rings (SSSR count). The Morgan fingerprint density at radius 3 is 2.64 bits per heavy atom. The second kappa shape index (κ2) is 3.87. The van der Waals surface area contributed by atoms with Crippen LogP contribution < -0.4 is 0 Å². The largest absolute Gasteiger partial charge is 0.507 e. The van der Waals surface area contributed by atoms with E-state index in [-0.39, 0.29) is 22.6 Å². The molecule has 74 valence electrons. The Labute approximate surface area is 80.1 Å². The number of hydrogen-bond donors (Lipinski definition) is 1. The number of nitrogens with zero attached hydrogens (tertiary/aromatic N) is 1. The van der Waals surface area contributed by atoms with Gasteiger partial charge in [-0.15, -0.1) is 0 Å². The quantitative estimate of drug-likeness (QED) is 0.452. The van der Waals surface area contributed by atoms with Crippen molar-refractivity contribution in [3.8, 4) is 5.75 Å². The molecule has 0 spiro atoms. The molecule has 0 amide bonds. The first-order valence-corrected chi connectivity index (χ1v) is 4.06. The molecule has 0 aliphatic rings. The van der Waals surface area contributed by atoms with Gasteiger partial charge in [0.1, 0.15) is 5.75 Å². The van der Waals surface area contributed by atoms with E-state index in [4.69, 9.17) is 0 Å². The van der Waals surface area contributed by atoms with Crippen LogP contribution in [0, 0.1) is 10.1 Å². The summed E-state index contributed by atoms with van der Waals surface area (Å²) < 4.78 is 0. The summed E-state index contributed by atoms with van der Waals surface area (Å²) in [7, 11) is 0. The van der Waals surface area contributed by atoms with Crippen molar-refractivity contribution in [2.75, 3.05) is 0 Å². The molecule has 1 aromatic rings. The molecule has 0 aromatic heterocycles. The molecule has 0 heterocycles. The van der Waals surface area contributed by atoms with Gasteiger partial charge in [-0.1, -0.05) is 6.92 Å². The summed E-state index contributed by atoms with van der Waals surface area (Å²) in [6.07, 6.45) is 0.780. The molecule has 0 unspecified atom stereocenters. The van der Waals surface area contributed by atoms with Gasteiger partial charge in [0.05, 0.1) is 16.1 Å². The van der Waals surface area contributed by atoms with E-state index in [9.17, 15) is 20.0 Å². The van der Waals surface area contributed by atoms with Gasteiger partial charge in [0.2, 0.25) is 0 Å². The van der Waals surface area contributed by atoms with Crippen LogP contribution in [0.2, 0.25) is 0 Å². The fourth-order valence-corrected chi connectivity index (χ4v) is 1.26. The molecule has 14 heavy (non-hydrogen) atoms. The van der Waals surface area contributed by atoms with Crippen LogP contribution in [-0.4, -0.2) is 16.3 Å². The number of phenols is 1. The highest BCUT2D eigenvalue weighted by Crippen LogP contribution is 2.30. The van der Waals surface area contributed by atoms with Gasteiger partial charge < -0.3 is 5.11 Å². The maximum atomic E-state index is 10.5. The zero-order valence-electron chi connectivity index (χ0n) is 7.56. The molecule has 1 N–H and O–H groups in total. The molecule has 0 fully saturated rings. The van der Waals surface area contributed by atoms with Crippen LogP contribution in [-0.2, 0) is 6.42 Å². The van der Waals surface area contributed by atoms with Crippen molar-refractivity contribution in [1.82, 2.24) is 0 Å². The maximum absolute atomic E-state index is 10.5. The van der Waals surface area contributed by atoms with E-state index in [1.54, 1.807) is 6.92 Å². The molecule has 0 bridgehead atoms. The van der Waals surface area contributed by atoms with Crippen LogP contribution in [0.25, 0.3) is 0 Å². The van der Waals surface area contributed by atoms with Crippen molar-refractivity contribution in [2.24, 2.45) is 0 Å². The minimum absolute atomic E-state index is 0.0763. The number of nitro groups is 1. The Kier molecular flexibility index (Phi) is 2.81. The standard InChI is InChI=1S/C9H9NO4/c1-2-7-8(10(13)14)4-3-6(5-11)9(7)12/h3-5,12H,2H2,1H3. The smallest absolute Gasteiger partial charge is 0.276 e. The van der Waals surface area contributed by atoms with Crippen molar-refractivity contribution in [2.45, 2.75) is 13.3 Å². The SMILES string of the molecule is CCc1c([N+](=O)[O-])ccc(C=O)c1O. The molecule has 0 saturated heterocycles. The van der Waals surface area contributed by atoms with Gasteiger partial charge in [0.25, 0.3) is 5.69 Å². The van der Waals surface area contributed by atoms with Gasteiger partial charge in [0.15, 0.2) is 6.29 Å². The van der Waals surface area contributed by atoms with Crippen molar-refractivity contribution in [3.05, 3.63) is 33.4 Å². The van der Waals surface area contributed by atoms with Crippen LogP contribution in [0.5, 0.6) is 5.75 Å². The zero-order chi connectivity index (χ0) is 10.7. The number of carbonyl (C=O) groups is 1. The van der Waals surface area contributed by atoms with Gasteiger partial charge >= 0.3 is 0 Å². The first-order chi connectivity index (χ1) is 6.61. The van der Waals surface area contributed by atoms with Crippen molar-refractivity contribution < 1.29 is 14.8 Å². The van der Waals surface area contributed by atoms with Crippen molar-refractivity contribution in [3.63, 3.8) is 0 Å². The Morgan fingerprint density at radius 2 is 2.21 bits per heavy atom. The van der Waals surface area contributed by atoms with E-state index in [0.29, 0.717) is 12.7 Å². The summed E-state index contributed by atoms with van der Waals surface area (Å²) in [4.78, 5) is 20.4. The first kappa shape index (κ1) is 10.2. The second-order valence-corrected chi connectivity index (χ2v) is 2.73. The predicted octanol–water partition coefficient (Wildman–Crippen LogP) is 1.68. The van der Waals surface area contributed by atoms with Crippen molar-refractivity contribution >= 4 is 12.0 Å². The van der Waals surface area contributed by atoms with E-state index in [2.05, 4.69) is 0 Å². The van der Waals surface area contributed by atoms with E-state index in [1.165, 1.54) is 12.1 Å². The summed E-state index contributed by atoms with van der Waals surface area (Å²) in [6.45, 7) is 1.68. The lowest BCUT2D eigenvalue weighted by Gasteiger charge is -2.04. The Balaban J connectivity index is 3.43. The van der Waals surface area contributed by atoms with E-state index >= 15 is 0 Å². The Hall–Kier alpha value is -1.91. The number of phenolic OH excluding ortho intramolecular Hbond substituents is 1. The second-order valence-electron chi connectivity index (χ2n) is 2.73. The van der Waals surface area contributed by atoms with Gasteiger partial charge in [-0.3, -0.25) is 14.9 Å². The molecule has 5 heteroatoms. The molecule has 0 saturated carbocycles. The third-order valence-electron chi connectivity index (χ3n) is 1.97. The number of aromatic hydroxyl groups is 1. The lowest BCUT2D eigenvalue weighted by Crippen LogP contribution is -1.96.